The average molecular weight is 329 g/mol. The molecule has 0 aromatic heterocycles. The number of carbonyl (C=O) groups excluding carboxylic acids is 1. The predicted octanol–water partition coefficient (Wildman–Crippen LogP) is 2.43. The lowest BCUT2D eigenvalue weighted by atomic mass is 9.93. The fraction of sp³-hybridized carbons (Fsp3) is 0.500. The first-order valence-corrected chi connectivity index (χ1v) is 6.95. The number of benzene rings is 1. The number of hydrogen-bond acceptors (Lipinski definition) is 3. The zero-order valence-electron chi connectivity index (χ0n) is 11.8. The lowest BCUT2D eigenvalue weighted by Crippen LogP contribution is -2.39. The fourth-order valence-corrected chi connectivity index (χ4v) is 2.31. The predicted molar refractivity (Wildman–Crippen MR) is 80.7 cm³/mol. The first-order chi connectivity index (χ1) is 8.89. The van der Waals surface area contributed by atoms with Crippen molar-refractivity contribution in [3.8, 4) is 5.75 Å². The highest BCUT2D eigenvalue weighted by molar-refractivity contribution is 9.10. The molecule has 0 radical (unpaired) electrons. The number of rotatable bonds is 6. The van der Waals surface area contributed by atoms with Crippen molar-refractivity contribution in [3.05, 3.63) is 28.2 Å². The highest BCUT2D eigenvalue weighted by Gasteiger charge is 2.18. The summed E-state index contributed by atoms with van der Waals surface area (Å²) in [5.74, 6) is 0.639. The molecular formula is C14H21BrN2O2. The molecule has 0 heterocycles. The standard InChI is InChI=1S/C14H21BrN2O2/c1-14(2,8-16-3)9-17-13(18)10-5-6-12(19-4)11(15)7-10/h5-7,16H,8-9H2,1-4H3,(H,17,18). The highest BCUT2D eigenvalue weighted by atomic mass is 79.9. The largest absolute Gasteiger partial charge is 0.496 e. The van der Waals surface area contributed by atoms with E-state index < -0.39 is 0 Å². The number of amides is 1. The molecule has 0 aliphatic heterocycles. The highest BCUT2D eigenvalue weighted by Crippen LogP contribution is 2.25. The topological polar surface area (TPSA) is 50.4 Å². The maximum absolute atomic E-state index is 12.1. The van der Waals surface area contributed by atoms with E-state index in [1.165, 1.54) is 0 Å². The van der Waals surface area contributed by atoms with Crippen LogP contribution in [0.5, 0.6) is 5.75 Å². The minimum absolute atomic E-state index is 0.0219. The Labute approximate surface area is 123 Å². The molecule has 19 heavy (non-hydrogen) atoms. The van der Waals surface area contributed by atoms with Crippen molar-refractivity contribution in [1.29, 1.82) is 0 Å². The summed E-state index contributed by atoms with van der Waals surface area (Å²) >= 11 is 3.38. The molecule has 1 amide bonds. The summed E-state index contributed by atoms with van der Waals surface area (Å²) < 4.78 is 5.91. The lowest BCUT2D eigenvalue weighted by molar-refractivity contribution is 0.0936. The average Bonchev–Trinajstić information content (AvgIpc) is 2.36. The van der Waals surface area contributed by atoms with E-state index in [9.17, 15) is 4.79 Å². The summed E-state index contributed by atoms with van der Waals surface area (Å²) in [4.78, 5) is 12.1. The van der Waals surface area contributed by atoms with Gasteiger partial charge in [-0.1, -0.05) is 13.8 Å². The smallest absolute Gasteiger partial charge is 0.251 e. The zero-order valence-corrected chi connectivity index (χ0v) is 13.4. The number of methoxy groups -OCH3 is 1. The molecule has 0 saturated heterocycles. The van der Waals surface area contributed by atoms with Gasteiger partial charge in [-0.2, -0.15) is 0 Å². The molecule has 0 bridgehead atoms. The molecule has 1 aromatic rings. The van der Waals surface area contributed by atoms with Crippen LogP contribution in [0.3, 0.4) is 0 Å². The van der Waals surface area contributed by atoms with Crippen molar-refractivity contribution in [1.82, 2.24) is 10.6 Å². The minimum Gasteiger partial charge on any atom is -0.496 e. The number of carbonyl (C=O) groups is 1. The van der Waals surface area contributed by atoms with Crippen LogP contribution in [0.2, 0.25) is 0 Å². The van der Waals surface area contributed by atoms with Crippen LogP contribution in [0, 0.1) is 5.41 Å². The minimum atomic E-state index is -0.0764. The summed E-state index contributed by atoms with van der Waals surface area (Å²) in [5.41, 5.74) is 0.640. The third-order valence-electron chi connectivity index (χ3n) is 2.80. The van der Waals surface area contributed by atoms with E-state index in [0.717, 1.165) is 11.0 Å². The summed E-state index contributed by atoms with van der Waals surface area (Å²) in [5, 5.41) is 6.07. The first kappa shape index (κ1) is 16.0. The Morgan fingerprint density at radius 2 is 2.05 bits per heavy atom. The molecule has 0 aliphatic carbocycles. The summed E-state index contributed by atoms with van der Waals surface area (Å²) in [6.45, 7) is 5.68. The van der Waals surface area contributed by atoms with Gasteiger partial charge in [0.25, 0.3) is 5.91 Å². The van der Waals surface area contributed by atoms with Crippen molar-refractivity contribution < 1.29 is 9.53 Å². The molecule has 106 valence electrons. The number of ether oxygens (including phenoxy) is 1. The van der Waals surface area contributed by atoms with Crippen LogP contribution in [0.4, 0.5) is 0 Å². The van der Waals surface area contributed by atoms with Gasteiger partial charge in [0.1, 0.15) is 5.75 Å². The van der Waals surface area contributed by atoms with Gasteiger partial charge in [0, 0.05) is 18.7 Å². The molecular weight excluding hydrogens is 308 g/mol. The lowest BCUT2D eigenvalue weighted by Gasteiger charge is -2.24. The SMILES string of the molecule is CNCC(C)(C)CNC(=O)c1ccc(OC)c(Br)c1. The Hall–Kier alpha value is -1.07. The van der Waals surface area contributed by atoms with E-state index in [4.69, 9.17) is 4.74 Å². The van der Waals surface area contributed by atoms with Gasteiger partial charge in [0.2, 0.25) is 0 Å². The molecule has 0 unspecified atom stereocenters. The van der Waals surface area contributed by atoms with Crippen LogP contribution >= 0.6 is 15.9 Å². The molecule has 0 aliphatic rings. The summed E-state index contributed by atoms with van der Waals surface area (Å²) in [6.07, 6.45) is 0. The second kappa shape index (κ2) is 6.91. The summed E-state index contributed by atoms with van der Waals surface area (Å²) in [6, 6.07) is 5.29. The van der Waals surface area contributed by atoms with Crippen LogP contribution in [0.15, 0.2) is 22.7 Å². The van der Waals surface area contributed by atoms with Crippen LogP contribution in [-0.4, -0.2) is 33.2 Å². The Bertz CT molecular complexity index is 447. The maximum Gasteiger partial charge on any atom is 0.251 e. The normalized spacial score (nSPS) is 11.2. The van der Waals surface area contributed by atoms with E-state index in [2.05, 4.69) is 40.4 Å². The van der Waals surface area contributed by atoms with Crippen molar-refractivity contribution in [2.45, 2.75) is 13.8 Å². The van der Waals surface area contributed by atoms with Gasteiger partial charge in [-0.05, 0) is 46.6 Å². The molecule has 5 heteroatoms. The van der Waals surface area contributed by atoms with Crippen molar-refractivity contribution in [3.63, 3.8) is 0 Å². The maximum atomic E-state index is 12.1. The van der Waals surface area contributed by atoms with Crippen LogP contribution < -0.4 is 15.4 Å². The second-order valence-corrected chi connectivity index (χ2v) is 6.08. The third-order valence-corrected chi connectivity index (χ3v) is 3.42. The van der Waals surface area contributed by atoms with Crippen molar-refractivity contribution in [2.75, 3.05) is 27.2 Å². The summed E-state index contributed by atoms with van der Waals surface area (Å²) in [7, 11) is 3.50. The van der Waals surface area contributed by atoms with Gasteiger partial charge in [-0.3, -0.25) is 4.79 Å². The number of hydrogen-bond donors (Lipinski definition) is 2. The van der Waals surface area contributed by atoms with Crippen LogP contribution in [0.1, 0.15) is 24.2 Å². The zero-order chi connectivity index (χ0) is 14.5. The Morgan fingerprint density at radius 1 is 1.37 bits per heavy atom. The van der Waals surface area contributed by atoms with Crippen molar-refractivity contribution in [2.24, 2.45) is 5.41 Å². The van der Waals surface area contributed by atoms with Gasteiger partial charge < -0.3 is 15.4 Å². The molecule has 1 rings (SSSR count). The van der Waals surface area contributed by atoms with Gasteiger partial charge in [-0.25, -0.2) is 0 Å². The Morgan fingerprint density at radius 3 is 2.58 bits per heavy atom. The molecule has 4 nitrogen and oxygen atoms in total. The van der Waals surface area contributed by atoms with E-state index in [1.54, 1.807) is 25.3 Å². The number of nitrogens with one attached hydrogen (secondary N) is 2. The molecule has 0 atom stereocenters. The van der Waals surface area contributed by atoms with E-state index in [1.807, 2.05) is 7.05 Å². The van der Waals surface area contributed by atoms with E-state index in [-0.39, 0.29) is 11.3 Å². The van der Waals surface area contributed by atoms with Gasteiger partial charge in [-0.15, -0.1) is 0 Å². The Kier molecular flexibility index (Phi) is 5.82. The molecule has 0 saturated carbocycles. The van der Waals surface area contributed by atoms with E-state index in [0.29, 0.717) is 17.9 Å². The molecule has 1 aromatic carbocycles. The van der Waals surface area contributed by atoms with Crippen LogP contribution in [-0.2, 0) is 0 Å². The van der Waals surface area contributed by atoms with Crippen molar-refractivity contribution >= 4 is 21.8 Å². The van der Waals surface area contributed by atoms with Crippen LogP contribution in [0.25, 0.3) is 0 Å². The molecule has 0 fully saturated rings. The third kappa shape index (κ3) is 4.84. The number of halogens is 1. The molecule has 2 N–H and O–H groups in total. The first-order valence-electron chi connectivity index (χ1n) is 6.16. The monoisotopic (exact) mass is 328 g/mol. The quantitative estimate of drug-likeness (QED) is 0.843. The Balaban J connectivity index is 2.66. The molecule has 0 spiro atoms. The van der Waals surface area contributed by atoms with Gasteiger partial charge in [0.15, 0.2) is 0 Å². The van der Waals surface area contributed by atoms with Gasteiger partial charge in [0.05, 0.1) is 11.6 Å². The van der Waals surface area contributed by atoms with E-state index >= 15 is 0 Å². The second-order valence-electron chi connectivity index (χ2n) is 5.23. The fourth-order valence-electron chi connectivity index (χ4n) is 1.77. The van der Waals surface area contributed by atoms with Gasteiger partial charge >= 0.3 is 0 Å².